The molecule has 1 heterocycles. The Morgan fingerprint density at radius 2 is 1.57 bits per heavy atom. The van der Waals surface area contributed by atoms with E-state index in [2.05, 4.69) is 66.7 Å². The van der Waals surface area contributed by atoms with Crippen LogP contribution in [0.1, 0.15) is 30.6 Å². The Kier molecular flexibility index (Phi) is 4.56. The van der Waals surface area contributed by atoms with E-state index in [-0.39, 0.29) is 16.4 Å². The summed E-state index contributed by atoms with van der Waals surface area (Å²) in [5.41, 5.74) is 1.000. The van der Waals surface area contributed by atoms with Gasteiger partial charge in [0, 0.05) is 27.3 Å². The minimum atomic E-state index is -0.644. The third kappa shape index (κ3) is 3.16. The molecular weight excluding hydrogens is 388 g/mol. The molecule has 5 rings (SSSR count). The fourth-order valence-corrected chi connectivity index (χ4v) is 6.54. The van der Waals surface area contributed by atoms with Gasteiger partial charge in [-0.1, -0.05) is 48.6 Å². The van der Waals surface area contributed by atoms with Gasteiger partial charge in [0.05, 0.1) is 5.56 Å². The van der Waals surface area contributed by atoms with Gasteiger partial charge >= 0.3 is 5.97 Å². The maximum absolute atomic E-state index is 13.0. The van der Waals surface area contributed by atoms with Gasteiger partial charge in [0.15, 0.2) is 14.3 Å². The molecule has 30 heavy (non-hydrogen) atoms. The van der Waals surface area contributed by atoms with Crippen LogP contribution in [-0.2, 0) is 4.74 Å². The zero-order chi connectivity index (χ0) is 20.7. The highest BCUT2D eigenvalue weighted by atomic mass is 32.2. The third-order valence-corrected chi connectivity index (χ3v) is 7.94. The molecule has 0 N–H and O–H groups in total. The molecule has 3 aromatic carbocycles. The van der Waals surface area contributed by atoms with E-state index < -0.39 is 5.60 Å². The van der Waals surface area contributed by atoms with Crippen LogP contribution in [0.2, 0.25) is 0 Å². The molecule has 3 heteroatoms. The number of thiophene rings is 1. The van der Waals surface area contributed by atoms with E-state index in [4.69, 9.17) is 4.74 Å². The zero-order valence-corrected chi connectivity index (χ0v) is 17.9. The average Bonchev–Trinajstić information content (AvgIpc) is 3.41. The summed E-state index contributed by atoms with van der Waals surface area (Å²) < 4.78 is 8.53. The summed E-state index contributed by atoms with van der Waals surface area (Å²) in [5, 5.41) is 2.57. The van der Waals surface area contributed by atoms with Crippen molar-refractivity contribution in [2.24, 2.45) is 0 Å². The predicted molar refractivity (Wildman–Crippen MR) is 127 cm³/mol. The quantitative estimate of drug-likeness (QED) is 0.256. The largest absolute Gasteiger partial charge is 0.451 e. The highest BCUT2D eigenvalue weighted by molar-refractivity contribution is 7.50. The minimum absolute atomic E-state index is 0.223. The molecule has 0 fully saturated rings. The van der Waals surface area contributed by atoms with E-state index in [1.54, 1.807) is 0 Å². The second-order valence-corrected chi connectivity index (χ2v) is 9.99. The Hall–Kier alpha value is -3.17. The van der Waals surface area contributed by atoms with Crippen LogP contribution in [-0.4, -0.2) is 11.6 Å². The number of rotatable bonds is 4. The lowest BCUT2D eigenvalue weighted by atomic mass is 9.99. The molecule has 0 bridgehead atoms. The SMILES string of the molecule is CC(C)(OC(=O)c1cccc(-[s+]2c3ccccc3c3ccccc32)c1)C1=CCC=C1. The topological polar surface area (TPSA) is 26.3 Å². The van der Waals surface area contributed by atoms with Gasteiger partial charge in [-0.2, -0.15) is 0 Å². The van der Waals surface area contributed by atoms with Gasteiger partial charge in [0.1, 0.15) is 5.60 Å². The molecule has 0 saturated carbocycles. The summed E-state index contributed by atoms with van der Waals surface area (Å²) in [6.07, 6.45) is 7.13. The predicted octanol–water partition coefficient (Wildman–Crippen LogP) is 7.55. The van der Waals surface area contributed by atoms with Crippen LogP contribution in [0.3, 0.4) is 0 Å². The highest BCUT2D eigenvalue weighted by Gasteiger charge is 2.29. The van der Waals surface area contributed by atoms with E-state index >= 15 is 0 Å². The summed E-state index contributed by atoms with van der Waals surface area (Å²) in [7, 11) is -0.223. The summed E-state index contributed by atoms with van der Waals surface area (Å²) in [4.78, 5) is 14.1. The molecule has 1 aliphatic carbocycles. The smallest absolute Gasteiger partial charge is 0.339 e. The highest BCUT2D eigenvalue weighted by Crippen LogP contribution is 2.48. The van der Waals surface area contributed by atoms with Gasteiger partial charge in [-0.25, -0.2) is 4.79 Å². The monoisotopic (exact) mass is 411 g/mol. The maximum atomic E-state index is 13.0. The zero-order valence-electron chi connectivity index (χ0n) is 17.1. The molecule has 148 valence electrons. The molecule has 0 atom stereocenters. The second-order valence-electron chi connectivity index (χ2n) is 8.02. The van der Waals surface area contributed by atoms with Gasteiger partial charge in [-0.3, -0.25) is 0 Å². The Bertz CT molecular complexity index is 1280. The van der Waals surface area contributed by atoms with Crippen LogP contribution >= 0.6 is 10.5 Å². The molecule has 0 saturated heterocycles. The lowest BCUT2D eigenvalue weighted by Gasteiger charge is -2.25. The van der Waals surface area contributed by atoms with E-state index in [9.17, 15) is 4.79 Å². The van der Waals surface area contributed by atoms with E-state index in [1.165, 1.54) is 20.2 Å². The molecule has 4 aromatic rings. The summed E-state index contributed by atoms with van der Waals surface area (Å²) in [5.74, 6) is -0.285. The van der Waals surface area contributed by atoms with Crippen molar-refractivity contribution in [1.82, 2.24) is 0 Å². The van der Waals surface area contributed by atoms with Crippen molar-refractivity contribution < 1.29 is 9.53 Å². The normalized spacial score (nSPS) is 13.7. The number of hydrogen-bond acceptors (Lipinski definition) is 2. The van der Waals surface area contributed by atoms with Crippen LogP contribution in [0.5, 0.6) is 0 Å². The summed E-state index contributed by atoms with van der Waals surface area (Å²) >= 11 is 0. The molecule has 1 aromatic heterocycles. The fraction of sp³-hybridized carbons (Fsp3) is 0.148. The summed E-state index contributed by atoms with van der Waals surface area (Å²) in [6, 6.07) is 25.1. The first-order chi connectivity index (χ1) is 14.5. The lowest BCUT2D eigenvalue weighted by molar-refractivity contribution is 0.0146. The number of benzene rings is 3. The van der Waals surface area contributed by atoms with E-state index in [1.807, 2.05) is 38.1 Å². The standard InChI is InChI=1S/C27H23O2S/c1-27(2,20-11-3-4-12-20)29-26(28)19-10-9-13-21(18-19)30-24-16-7-5-14-22(24)23-15-6-8-17-25(23)30/h3,5-18H,4H2,1-2H3/q+1. The molecule has 0 spiro atoms. The first-order valence-corrected chi connectivity index (χ1v) is 11.4. The second kappa shape index (κ2) is 7.26. The van der Waals surface area contributed by atoms with Gasteiger partial charge in [0.25, 0.3) is 0 Å². The molecule has 0 amide bonds. The number of carbonyl (C=O) groups excluding carboxylic acids is 1. The third-order valence-electron chi connectivity index (χ3n) is 5.62. The van der Waals surface area contributed by atoms with E-state index in [0.29, 0.717) is 5.56 Å². The molecule has 0 aliphatic heterocycles. The number of fused-ring (bicyclic) bond motifs is 3. The Morgan fingerprint density at radius 3 is 2.20 bits per heavy atom. The molecular formula is C27H23O2S+. The molecule has 0 unspecified atom stereocenters. The Morgan fingerprint density at radius 1 is 0.900 bits per heavy atom. The van der Waals surface area contributed by atoms with Gasteiger partial charge < -0.3 is 4.74 Å². The number of allylic oxidation sites excluding steroid dienone is 2. The Balaban J connectivity index is 1.57. The molecule has 2 nitrogen and oxygen atoms in total. The van der Waals surface area contributed by atoms with Crippen molar-refractivity contribution in [3.05, 3.63) is 102 Å². The van der Waals surface area contributed by atoms with Crippen molar-refractivity contribution in [2.75, 3.05) is 0 Å². The average molecular weight is 412 g/mol. The molecule has 0 radical (unpaired) electrons. The van der Waals surface area contributed by atoms with Crippen LogP contribution < -0.4 is 0 Å². The Labute approximate surface area is 179 Å². The van der Waals surface area contributed by atoms with E-state index in [0.717, 1.165) is 16.9 Å². The number of esters is 1. The van der Waals surface area contributed by atoms with Crippen molar-refractivity contribution in [2.45, 2.75) is 25.9 Å². The van der Waals surface area contributed by atoms with Gasteiger partial charge in [-0.15, -0.1) is 0 Å². The number of ether oxygens (including phenoxy) is 1. The van der Waals surface area contributed by atoms with Crippen LogP contribution in [0.15, 0.2) is 96.6 Å². The van der Waals surface area contributed by atoms with Crippen molar-refractivity contribution >= 4 is 36.6 Å². The molecule has 1 aliphatic rings. The van der Waals surface area contributed by atoms with Crippen LogP contribution in [0.4, 0.5) is 0 Å². The van der Waals surface area contributed by atoms with Crippen molar-refractivity contribution in [3.63, 3.8) is 0 Å². The van der Waals surface area contributed by atoms with Crippen LogP contribution in [0, 0.1) is 0 Å². The fourth-order valence-electron chi connectivity index (χ4n) is 4.11. The summed E-state index contributed by atoms with van der Waals surface area (Å²) in [6.45, 7) is 3.89. The van der Waals surface area contributed by atoms with Crippen molar-refractivity contribution in [3.8, 4) is 4.90 Å². The first-order valence-electron chi connectivity index (χ1n) is 10.2. The van der Waals surface area contributed by atoms with Crippen molar-refractivity contribution in [1.29, 1.82) is 0 Å². The van der Waals surface area contributed by atoms with Gasteiger partial charge in [-0.05, 0) is 62.2 Å². The number of carbonyl (C=O) groups is 1. The first kappa shape index (κ1) is 18.8. The number of hydrogen-bond donors (Lipinski definition) is 0. The lowest BCUT2D eigenvalue weighted by Crippen LogP contribution is -2.29. The maximum Gasteiger partial charge on any atom is 0.339 e. The van der Waals surface area contributed by atoms with Crippen LogP contribution in [0.25, 0.3) is 25.1 Å². The van der Waals surface area contributed by atoms with Gasteiger partial charge in [0.2, 0.25) is 0 Å². The minimum Gasteiger partial charge on any atom is -0.451 e.